The van der Waals surface area contributed by atoms with Gasteiger partial charge in [0, 0.05) is 24.0 Å². The number of rotatable bonds is 5. The van der Waals surface area contributed by atoms with Crippen LogP contribution in [0.4, 0.5) is 0 Å². The van der Waals surface area contributed by atoms with Crippen LogP contribution in [0.25, 0.3) is 0 Å². The van der Waals surface area contributed by atoms with E-state index in [1.807, 2.05) is 48.5 Å². The Hall–Kier alpha value is -1.84. The molecule has 1 aliphatic rings. The molecule has 1 fully saturated rings. The van der Waals surface area contributed by atoms with Crippen molar-refractivity contribution in [1.82, 2.24) is 10.2 Å². The van der Waals surface area contributed by atoms with Crippen molar-refractivity contribution in [3.05, 3.63) is 70.7 Å². The lowest BCUT2D eigenvalue weighted by Crippen LogP contribution is -2.40. The van der Waals surface area contributed by atoms with E-state index in [0.29, 0.717) is 6.54 Å². The lowest BCUT2D eigenvalue weighted by Gasteiger charge is -2.31. The molecule has 0 aromatic heterocycles. The number of nitrogens with zero attached hydrogens (tertiary/aromatic N) is 1. The zero-order valence-corrected chi connectivity index (χ0v) is 14.5. The van der Waals surface area contributed by atoms with Gasteiger partial charge < -0.3 is 5.32 Å². The Morgan fingerprint density at radius 1 is 1.04 bits per heavy atom. The molecule has 2 aromatic carbocycles. The zero-order chi connectivity index (χ0) is 16.8. The molecule has 0 unspecified atom stereocenters. The van der Waals surface area contributed by atoms with E-state index in [4.69, 9.17) is 11.6 Å². The molecule has 1 aliphatic heterocycles. The summed E-state index contributed by atoms with van der Waals surface area (Å²) in [5, 5.41) is 3.88. The zero-order valence-electron chi connectivity index (χ0n) is 13.7. The molecular formula is C20H23ClN2O. The van der Waals surface area contributed by atoms with Crippen molar-refractivity contribution in [3.8, 4) is 0 Å². The van der Waals surface area contributed by atoms with Crippen molar-refractivity contribution >= 4 is 17.5 Å². The van der Waals surface area contributed by atoms with Gasteiger partial charge in [-0.2, -0.15) is 0 Å². The van der Waals surface area contributed by atoms with Crippen molar-refractivity contribution in [2.24, 2.45) is 5.92 Å². The lowest BCUT2D eigenvalue weighted by atomic mass is 9.95. The van der Waals surface area contributed by atoms with Gasteiger partial charge in [-0.3, -0.25) is 9.69 Å². The second kappa shape index (κ2) is 8.32. The summed E-state index contributed by atoms with van der Waals surface area (Å²) < 4.78 is 0. The topological polar surface area (TPSA) is 32.3 Å². The maximum atomic E-state index is 12.3. The fraction of sp³-hybridized carbons (Fsp3) is 0.350. The van der Waals surface area contributed by atoms with Gasteiger partial charge in [-0.05, 0) is 43.1 Å². The van der Waals surface area contributed by atoms with Crippen LogP contribution in [-0.4, -0.2) is 23.9 Å². The van der Waals surface area contributed by atoms with Gasteiger partial charge in [-0.25, -0.2) is 0 Å². The number of carbonyl (C=O) groups excluding carboxylic acids is 1. The van der Waals surface area contributed by atoms with Gasteiger partial charge in [0.1, 0.15) is 0 Å². The molecular weight excluding hydrogens is 320 g/mol. The number of carbonyl (C=O) groups is 1. The molecule has 1 amide bonds. The van der Waals surface area contributed by atoms with Crippen LogP contribution in [0.1, 0.15) is 24.0 Å². The number of benzene rings is 2. The van der Waals surface area contributed by atoms with E-state index in [1.165, 1.54) is 0 Å². The summed E-state index contributed by atoms with van der Waals surface area (Å²) in [5.74, 6) is 0.299. The van der Waals surface area contributed by atoms with E-state index in [-0.39, 0.29) is 11.8 Å². The average molecular weight is 343 g/mol. The average Bonchev–Trinajstić information content (AvgIpc) is 2.63. The highest BCUT2D eigenvalue weighted by molar-refractivity contribution is 6.31. The van der Waals surface area contributed by atoms with E-state index in [0.717, 1.165) is 48.6 Å². The summed E-state index contributed by atoms with van der Waals surface area (Å²) in [6.07, 6.45) is 1.82. The number of likely N-dealkylation sites (tertiary alicyclic amines) is 1. The summed E-state index contributed by atoms with van der Waals surface area (Å²) in [4.78, 5) is 14.7. The molecule has 1 heterocycles. The fourth-order valence-corrected chi connectivity index (χ4v) is 3.35. The minimum absolute atomic E-state index is 0.121. The Labute approximate surface area is 148 Å². The number of halogens is 1. The maximum Gasteiger partial charge on any atom is 0.223 e. The van der Waals surface area contributed by atoms with E-state index in [1.54, 1.807) is 0 Å². The summed E-state index contributed by atoms with van der Waals surface area (Å²) >= 11 is 6.23. The van der Waals surface area contributed by atoms with Crippen molar-refractivity contribution < 1.29 is 4.79 Å². The molecule has 24 heavy (non-hydrogen) atoms. The van der Waals surface area contributed by atoms with Gasteiger partial charge in [-0.1, -0.05) is 60.1 Å². The first-order valence-electron chi connectivity index (χ1n) is 8.50. The van der Waals surface area contributed by atoms with Crippen molar-refractivity contribution in [1.29, 1.82) is 0 Å². The Morgan fingerprint density at radius 3 is 2.42 bits per heavy atom. The molecule has 0 bridgehead atoms. The first kappa shape index (κ1) is 17.0. The van der Waals surface area contributed by atoms with E-state index >= 15 is 0 Å². The van der Waals surface area contributed by atoms with Gasteiger partial charge in [0.15, 0.2) is 0 Å². The van der Waals surface area contributed by atoms with Gasteiger partial charge >= 0.3 is 0 Å². The highest BCUT2D eigenvalue weighted by Crippen LogP contribution is 2.22. The molecule has 3 rings (SSSR count). The first-order valence-corrected chi connectivity index (χ1v) is 8.87. The summed E-state index contributed by atoms with van der Waals surface area (Å²) in [5.41, 5.74) is 2.30. The predicted molar refractivity (Wildman–Crippen MR) is 97.7 cm³/mol. The van der Waals surface area contributed by atoms with Crippen LogP contribution < -0.4 is 5.32 Å². The Bertz CT molecular complexity index is 666. The summed E-state index contributed by atoms with van der Waals surface area (Å²) in [6.45, 7) is 3.35. The third kappa shape index (κ3) is 4.59. The first-order chi connectivity index (χ1) is 11.7. The molecule has 4 heteroatoms. The van der Waals surface area contributed by atoms with Crippen LogP contribution in [0, 0.1) is 5.92 Å². The highest BCUT2D eigenvalue weighted by atomic mass is 35.5. The molecule has 0 aliphatic carbocycles. The van der Waals surface area contributed by atoms with Crippen LogP contribution in [0.15, 0.2) is 54.6 Å². The maximum absolute atomic E-state index is 12.3. The number of amides is 1. The minimum Gasteiger partial charge on any atom is -0.352 e. The largest absolute Gasteiger partial charge is 0.352 e. The summed E-state index contributed by atoms with van der Waals surface area (Å²) in [7, 11) is 0. The number of hydrogen-bond donors (Lipinski definition) is 1. The molecule has 126 valence electrons. The molecule has 1 saturated heterocycles. The van der Waals surface area contributed by atoms with Gasteiger partial charge in [0.2, 0.25) is 5.91 Å². The van der Waals surface area contributed by atoms with Crippen molar-refractivity contribution in [2.45, 2.75) is 25.9 Å². The van der Waals surface area contributed by atoms with Crippen LogP contribution in [-0.2, 0) is 17.9 Å². The molecule has 0 atom stereocenters. The molecule has 3 nitrogen and oxygen atoms in total. The second-order valence-electron chi connectivity index (χ2n) is 6.35. The normalized spacial score (nSPS) is 16.0. The van der Waals surface area contributed by atoms with E-state index in [2.05, 4.69) is 16.3 Å². The van der Waals surface area contributed by atoms with Crippen LogP contribution in [0.3, 0.4) is 0 Å². The standard InChI is InChI=1S/C20H23ClN2O/c21-19-9-5-4-8-18(19)15-23-12-10-17(11-13-23)20(24)22-14-16-6-2-1-3-7-16/h1-9,17H,10-15H2,(H,22,24). The third-order valence-electron chi connectivity index (χ3n) is 4.62. The number of hydrogen-bond acceptors (Lipinski definition) is 2. The van der Waals surface area contributed by atoms with E-state index in [9.17, 15) is 4.79 Å². The smallest absolute Gasteiger partial charge is 0.223 e. The Balaban J connectivity index is 1.44. The highest BCUT2D eigenvalue weighted by Gasteiger charge is 2.24. The van der Waals surface area contributed by atoms with Gasteiger partial charge in [0.05, 0.1) is 0 Å². The van der Waals surface area contributed by atoms with Crippen molar-refractivity contribution in [2.75, 3.05) is 13.1 Å². The minimum atomic E-state index is 0.121. The van der Waals surface area contributed by atoms with Crippen LogP contribution >= 0.6 is 11.6 Å². The monoisotopic (exact) mass is 342 g/mol. The predicted octanol–water partition coefficient (Wildman–Crippen LogP) is 3.87. The Morgan fingerprint density at radius 2 is 1.71 bits per heavy atom. The van der Waals surface area contributed by atoms with Gasteiger partial charge in [0.25, 0.3) is 0 Å². The van der Waals surface area contributed by atoms with Crippen LogP contribution in [0.5, 0.6) is 0 Å². The van der Waals surface area contributed by atoms with Gasteiger partial charge in [-0.15, -0.1) is 0 Å². The number of piperidine rings is 1. The Kier molecular flexibility index (Phi) is 5.89. The molecule has 0 radical (unpaired) electrons. The molecule has 0 spiro atoms. The third-order valence-corrected chi connectivity index (χ3v) is 4.99. The second-order valence-corrected chi connectivity index (χ2v) is 6.75. The van der Waals surface area contributed by atoms with Crippen LogP contribution in [0.2, 0.25) is 5.02 Å². The van der Waals surface area contributed by atoms with E-state index < -0.39 is 0 Å². The summed E-state index contributed by atoms with van der Waals surface area (Å²) in [6, 6.07) is 18.0. The fourth-order valence-electron chi connectivity index (χ4n) is 3.15. The number of nitrogens with one attached hydrogen (secondary N) is 1. The molecule has 0 saturated carbocycles. The lowest BCUT2D eigenvalue weighted by molar-refractivity contribution is -0.126. The van der Waals surface area contributed by atoms with Crippen molar-refractivity contribution in [3.63, 3.8) is 0 Å². The quantitative estimate of drug-likeness (QED) is 0.894. The molecule has 1 N–H and O–H groups in total. The SMILES string of the molecule is O=C(NCc1ccccc1)C1CCN(Cc2ccccc2Cl)CC1. The molecule has 2 aromatic rings.